The number of hydrogen-bond donors (Lipinski definition) is 0. The molecule has 0 heterocycles. The summed E-state index contributed by atoms with van der Waals surface area (Å²) in [4.78, 5) is 0.130. The highest BCUT2D eigenvalue weighted by atomic mass is 79.9. The first-order chi connectivity index (χ1) is 9.87. The van der Waals surface area contributed by atoms with Crippen molar-refractivity contribution in [3.05, 3.63) is 52.5 Å². The number of anilines is 1. The van der Waals surface area contributed by atoms with Gasteiger partial charge in [0, 0.05) is 11.5 Å². The largest absolute Gasteiger partial charge is 0.495 e. The molecular weight excluding hydrogens is 354 g/mol. The molecule has 0 radical (unpaired) electrons. The zero-order valence-corrected chi connectivity index (χ0v) is 14.4. The minimum Gasteiger partial charge on any atom is -0.495 e. The lowest BCUT2D eigenvalue weighted by atomic mass is 10.2. The van der Waals surface area contributed by atoms with Gasteiger partial charge in [-0.05, 0) is 36.8 Å². The maximum atomic E-state index is 12.8. The van der Waals surface area contributed by atoms with E-state index >= 15 is 0 Å². The van der Waals surface area contributed by atoms with Crippen molar-refractivity contribution in [3.63, 3.8) is 0 Å². The van der Waals surface area contributed by atoms with Crippen LogP contribution >= 0.6 is 15.9 Å². The molecular formula is C15H16BrNO3S. The van der Waals surface area contributed by atoms with Gasteiger partial charge in [0.1, 0.15) is 10.6 Å². The van der Waals surface area contributed by atoms with Crippen molar-refractivity contribution in [3.8, 4) is 5.75 Å². The lowest BCUT2D eigenvalue weighted by molar-refractivity contribution is 0.402. The van der Waals surface area contributed by atoms with Crippen LogP contribution in [-0.4, -0.2) is 22.6 Å². The van der Waals surface area contributed by atoms with Crippen LogP contribution in [0.2, 0.25) is 0 Å². The molecule has 2 aromatic rings. The van der Waals surface area contributed by atoms with Gasteiger partial charge in [-0.15, -0.1) is 0 Å². The number of para-hydroxylation sites is 1. The standard InChI is InChI=1S/C15H16BrNO3S/c1-11-6-4-5-7-13(11)17(2)21(18,19)15-10-12(16)8-9-14(15)20-3/h4-10H,1-3H3. The highest BCUT2D eigenvalue weighted by Gasteiger charge is 2.26. The maximum absolute atomic E-state index is 12.8. The van der Waals surface area contributed by atoms with E-state index in [1.54, 1.807) is 24.3 Å². The smallest absolute Gasteiger partial charge is 0.267 e. The first-order valence-electron chi connectivity index (χ1n) is 6.26. The second kappa shape index (κ2) is 6.07. The average Bonchev–Trinajstić information content (AvgIpc) is 2.47. The molecule has 0 N–H and O–H groups in total. The third-order valence-corrected chi connectivity index (χ3v) is 5.50. The summed E-state index contributed by atoms with van der Waals surface area (Å²) in [5, 5.41) is 0. The number of aryl methyl sites for hydroxylation is 1. The van der Waals surface area contributed by atoms with Crippen molar-refractivity contribution in [2.45, 2.75) is 11.8 Å². The van der Waals surface area contributed by atoms with Crippen LogP contribution in [0.25, 0.3) is 0 Å². The Labute approximate surface area is 133 Å². The first-order valence-corrected chi connectivity index (χ1v) is 8.49. The fourth-order valence-electron chi connectivity index (χ4n) is 2.05. The van der Waals surface area contributed by atoms with E-state index < -0.39 is 10.0 Å². The molecule has 112 valence electrons. The third kappa shape index (κ3) is 3.06. The lowest BCUT2D eigenvalue weighted by Crippen LogP contribution is -2.27. The van der Waals surface area contributed by atoms with Gasteiger partial charge in [-0.3, -0.25) is 4.31 Å². The number of hydrogen-bond acceptors (Lipinski definition) is 3. The Hall–Kier alpha value is -1.53. The summed E-state index contributed by atoms with van der Waals surface area (Å²) in [5.41, 5.74) is 1.53. The molecule has 0 aliphatic carbocycles. The molecule has 0 saturated heterocycles. The number of rotatable bonds is 4. The molecule has 0 aliphatic rings. The Bertz CT molecular complexity index is 759. The van der Waals surface area contributed by atoms with Crippen LogP contribution in [0.3, 0.4) is 0 Å². The predicted octanol–water partition coefficient (Wildman–Crippen LogP) is 3.59. The number of ether oxygens (including phenoxy) is 1. The van der Waals surface area contributed by atoms with Gasteiger partial charge in [-0.25, -0.2) is 8.42 Å². The van der Waals surface area contributed by atoms with Gasteiger partial charge in [0.05, 0.1) is 12.8 Å². The molecule has 0 fully saturated rings. The van der Waals surface area contributed by atoms with E-state index in [2.05, 4.69) is 15.9 Å². The van der Waals surface area contributed by atoms with Crippen LogP contribution in [0.1, 0.15) is 5.56 Å². The minimum atomic E-state index is -3.70. The summed E-state index contributed by atoms with van der Waals surface area (Å²) in [6.07, 6.45) is 0. The minimum absolute atomic E-state index is 0.130. The highest BCUT2D eigenvalue weighted by molar-refractivity contribution is 9.10. The number of sulfonamides is 1. The number of benzene rings is 2. The zero-order valence-electron chi connectivity index (χ0n) is 12.0. The first kappa shape index (κ1) is 15.9. The Balaban J connectivity index is 2.57. The Morgan fingerprint density at radius 2 is 1.81 bits per heavy atom. The zero-order chi connectivity index (χ0) is 15.6. The second-order valence-corrected chi connectivity index (χ2v) is 7.41. The SMILES string of the molecule is COc1ccc(Br)cc1S(=O)(=O)N(C)c1ccccc1C. The van der Waals surface area contributed by atoms with E-state index in [4.69, 9.17) is 4.74 Å². The summed E-state index contributed by atoms with van der Waals surface area (Å²) in [6, 6.07) is 12.2. The topological polar surface area (TPSA) is 46.6 Å². The normalized spacial score (nSPS) is 11.2. The Morgan fingerprint density at radius 1 is 1.14 bits per heavy atom. The maximum Gasteiger partial charge on any atom is 0.267 e. The molecule has 2 aromatic carbocycles. The molecule has 0 aliphatic heterocycles. The van der Waals surface area contributed by atoms with Crippen LogP contribution in [0, 0.1) is 6.92 Å². The summed E-state index contributed by atoms with van der Waals surface area (Å²) in [5.74, 6) is 0.318. The quantitative estimate of drug-likeness (QED) is 0.826. The van der Waals surface area contributed by atoms with Gasteiger partial charge in [-0.1, -0.05) is 34.1 Å². The van der Waals surface area contributed by atoms with E-state index in [-0.39, 0.29) is 4.90 Å². The van der Waals surface area contributed by atoms with E-state index in [1.165, 1.54) is 18.5 Å². The Kier molecular flexibility index (Phi) is 4.58. The summed E-state index contributed by atoms with van der Waals surface area (Å²) >= 11 is 3.30. The van der Waals surface area contributed by atoms with E-state index in [0.29, 0.717) is 15.9 Å². The molecule has 6 heteroatoms. The van der Waals surface area contributed by atoms with Gasteiger partial charge in [0.15, 0.2) is 0 Å². The molecule has 0 spiro atoms. The van der Waals surface area contributed by atoms with Crippen molar-refractivity contribution in [1.82, 2.24) is 0 Å². The van der Waals surface area contributed by atoms with Crippen molar-refractivity contribution in [1.29, 1.82) is 0 Å². The van der Waals surface area contributed by atoms with Crippen LogP contribution in [0.5, 0.6) is 5.75 Å². The fraction of sp³-hybridized carbons (Fsp3) is 0.200. The van der Waals surface area contributed by atoms with Crippen LogP contribution in [0.4, 0.5) is 5.69 Å². The van der Waals surface area contributed by atoms with Crippen molar-refractivity contribution in [2.24, 2.45) is 0 Å². The average molecular weight is 370 g/mol. The fourth-order valence-corrected chi connectivity index (χ4v) is 4.00. The molecule has 21 heavy (non-hydrogen) atoms. The highest BCUT2D eigenvalue weighted by Crippen LogP contribution is 2.32. The van der Waals surface area contributed by atoms with Crippen LogP contribution in [0.15, 0.2) is 51.8 Å². The van der Waals surface area contributed by atoms with Gasteiger partial charge in [0.2, 0.25) is 0 Å². The third-order valence-electron chi connectivity index (χ3n) is 3.22. The molecule has 0 bridgehead atoms. The molecule has 0 amide bonds. The second-order valence-electron chi connectivity index (χ2n) is 4.55. The van der Waals surface area contributed by atoms with Crippen LogP contribution < -0.4 is 9.04 Å². The van der Waals surface area contributed by atoms with Crippen LogP contribution in [-0.2, 0) is 10.0 Å². The van der Waals surface area contributed by atoms with Crippen molar-refractivity contribution in [2.75, 3.05) is 18.5 Å². The monoisotopic (exact) mass is 369 g/mol. The summed E-state index contributed by atoms with van der Waals surface area (Å²) in [7, 11) is -0.707. The molecule has 2 rings (SSSR count). The van der Waals surface area contributed by atoms with Crippen molar-refractivity contribution < 1.29 is 13.2 Å². The molecule has 4 nitrogen and oxygen atoms in total. The number of methoxy groups -OCH3 is 1. The predicted molar refractivity (Wildman–Crippen MR) is 87.5 cm³/mol. The molecule has 0 atom stereocenters. The van der Waals surface area contributed by atoms with E-state index in [1.807, 2.05) is 25.1 Å². The molecule has 0 unspecified atom stereocenters. The van der Waals surface area contributed by atoms with E-state index in [0.717, 1.165) is 5.56 Å². The lowest BCUT2D eigenvalue weighted by Gasteiger charge is -2.22. The van der Waals surface area contributed by atoms with Gasteiger partial charge >= 0.3 is 0 Å². The van der Waals surface area contributed by atoms with Gasteiger partial charge < -0.3 is 4.74 Å². The Morgan fingerprint density at radius 3 is 2.43 bits per heavy atom. The summed E-state index contributed by atoms with van der Waals surface area (Å²) < 4.78 is 32.8. The number of halogens is 1. The number of nitrogens with zero attached hydrogens (tertiary/aromatic N) is 1. The van der Waals surface area contributed by atoms with E-state index in [9.17, 15) is 8.42 Å². The van der Waals surface area contributed by atoms with Crippen molar-refractivity contribution >= 4 is 31.6 Å². The van der Waals surface area contributed by atoms with Gasteiger partial charge in [-0.2, -0.15) is 0 Å². The summed E-state index contributed by atoms with van der Waals surface area (Å²) in [6.45, 7) is 1.87. The molecule has 0 aromatic heterocycles. The van der Waals surface area contributed by atoms with Gasteiger partial charge in [0.25, 0.3) is 10.0 Å². The molecule has 0 saturated carbocycles.